The summed E-state index contributed by atoms with van der Waals surface area (Å²) in [5.41, 5.74) is 22.5. The molecule has 32 heteroatoms. The van der Waals surface area contributed by atoms with Crippen LogP contribution in [0.4, 0.5) is 69.3 Å². The van der Waals surface area contributed by atoms with E-state index in [1.54, 1.807) is 37.3 Å². The van der Waals surface area contributed by atoms with Gasteiger partial charge in [0.25, 0.3) is 0 Å². The van der Waals surface area contributed by atoms with Gasteiger partial charge in [-0.1, -0.05) is 171 Å². The number of nitrogens with two attached hydrogens (primary N) is 4. The summed E-state index contributed by atoms with van der Waals surface area (Å²) >= 11 is 0. The largest absolute Gasteiger partial charge is 0.463 e. The summed E-state index contributed by atoms with van der Waals surface area (Å²) in [4.78, 5) is 90.6. The molecule has 4 aromatic carbocycles. The molecule has 4 saturated heterocycles. The first-order valence-corrected chi connectivity index (χ1v) is 37.4. The van der Waals surface area contributed by atoms with Crippen LogP contribution in [0.1, 0.15) is 290 Å². The summed E-state index contributed by atoms with van der Waals surface area (Å²) in [5.74, 6) is -8.17. The van der Waals surface area contributed by atoms with Crippen molar-refractivity contribution in [2.75, 3.05) is 168 Å². The first kappa shape index (κ1) is 43.1. The Morgan fingerprint density at radius 1 is 0.384 bits per heavy atom. The van der Waals surface area contributed by atoms with E-state index in [-0.39, 0.29) is 111 Å². The van der Waals surface area contributed by atoms with Gasteiger partial charge in [-0.2, -0.15) is 39.9 Å². The lowest BCUT2D eigenvalue weighted by atomic mass is 10.1. The van der Waals surface area contributed by atoms with Gasteiger partial charge in [0.1, 0.15) is 22.7 Å². The second-order valence-electron chi connectivity index (χ2n) is 27.1. The summed E-state index contributed by atoms with van der Waals surface area (Å²) in [5, 5.41) is 9.15. The third-order valence-corrected chi connectivity index (χ3v) is 18.1. The number of rotatable bonds is 32. The summed E-state index contributed by atoms with van der Waals surface area (Å²) < 4.78 is 504. The van der Waals surface area contributed by atoms with E-state index >= 15 is 0 Å². The SMILES string of the molecule is C.C.C.[2H]C([2H])(c1cccc(CN2CCCC2)c1)N1CC(=O)Nc2c(N)nc(OC([2H])([2H])C([2H])([2H])C([2H])([2H])C([2H])([2H])[2H])nc21.[2H]C1([2H])C(=O)Nc2c(N)nc(OC([2H])([2H])C([2H])([2H])C([2H])([2H])C([2H])([2H])[2H])nc2N1Cc1cccc(CN2CCCC2)c1.[2H]c1c(C)c([2H])c(C([2H])([2H])N2C([2H])([2H])C([2H])([2H])C([2H])([2H])C2([2H])[2H])c([2H])c1C([2H])([2H])N1c2nc(OC([2H])([2H])C([2H])([2H])C([2H])([2H])C([2H])([2H])[2H])nc(N)c2NC(=O)C1([2H])[2H].[2H]c1c(C)c([2H])c(CN2CC(=O)Nc3c(N)nc(OC([2H])([2H])C([2H])([2H])C([2H])([2H])C([2H])([2H])[2H])nc32)c([2H])c1CN1CCCC1. The van der Waals surface area contributed by atoms with Crippen LogP contribution in [0, 0.1) is 13.8 Å². The molecule has 12 heterocycles. The molecule has 32 nitrogen and oxygen atoms in total. The number of hydrogen-bond acceptors (Lipinski definition) is 28. The van der Waals surface area contributed by atoms with E-state index in [4.69, 9.17) is 124 Å². The Balaban J connectivity index is 0.000000248. The van der Waals surface area contributed by atoms with Crippen LogP contribution in [0.5, 0.6) is 24.0 Å². The Hall–Kier alpha value is -11.5. The molecule has 4 aromatic heterocycles. The van der Waals surface area contributed by atoms with Crippen molar-refractivity contribution >= 4 is 92.9 Å². The summed E-state index contributed by atoms with van der Waals surface area (Å²) in [7, 11) is 0. The third kappa shape index (κ3) is 27.3. The Morgan fingerprint density at radius 3 is 1.14 bits per heavy atom. The van der Waals surface area contributed by atoms with Gasteiger partial charge in [0.05, 0.1) is 82.5 Å². The van der Waals surface area contributed by atoms with Crippen molar-refractivity contribution in [3.63, 3.8) is 0 Å². The quantitative estimate of drug-likeness (QED) is 0.0194. The van der Waals surface area contributed by atoms with Crippen LogP contribution in [0.15, 0.2) is 84.8 Å². The highest BCUT2D eigenvalue weighted by molar-refractivity contribution is 6.05. The number of aromatic nitrogens is 8. The van der Waals surface area contributed by atoms with Crippen molar-refractivity contribution in [2.45, 2.75) is 218 Å². The number of likely N-dealkylation sites (tertiary alicyclic amines) is 4. The van der Waals surface area contributed by atoms with Gasteiger partial charge in [-0.05, 0) is 187 Å². The van der Waals surface area contributed by atoms with Gasteiger partial charge in [-0.25, -0.2) is 0 Å². The Kier molecular flexibility index (Phi) is 16.2. The van der Waals surface area contributed by atoms with Crippen molar-refractivity contribution in [1.82, 2.24) is 59.5 Å². The maximum Gasteiger partial charge on any atom is 0.320 e. The Bertz CT molecular complexity index is 7730. The number of carbonyl (C=O) groups excluding carboxylic acids is 4. The number of nitrogen functional groups attached to an aromatic ring is 4. The van der Waals surface area contributed by atoms with Crippen molar-refractivity contribution < 1.29 is 120 Å². The highest BCUT2D eigenvalue weighted by Crippen LogP contribution is 2.40. The third-order valence-electron chi connectivity index (χ3n) is 18.1. The molecule has 0 atom stereocenters. The molecule has 125 heavy (non-hydrogen) atoms. The Morgan fingerprint density at radius 2 is 0.704 bits per heavy atom. The molecular weight excluding hydrogens is 1580 g/mol. The van der Waals surface area contributed by atoms with Crippen molar-refractivity contribution in [1.29, 1.82) is 0 Å². The molecule has 0 saturated carbocycles. The van der Waals surface area contributed by atoms with E-state index in [1.165, 1.54) is 4.90 Å². The molecule has 0 spiro atoms. The monoisotopic (exact) mass is 1780 g/mol. The maximum absolute atomic E-state index is 13.1. The van der Waals surface area contributed by atoms with Crippen molar-refractivity contribution in [3.8, 4) is 24.0 Å². The van der Waals surface area contributed by atoms with Crippen LogP contribution in [0.3, 0.4) is 0 Å². The number of anilines is 12. The first-order chi connectivity index (χ1) is 82.2. The minimum atomic E-state index is -4.07. The molecule has 0 bridgehead atoms. The minimum absolute atomic E-state index is 0. The van der Waals surface area contributed by atoms with Gasteiger partial charge in [0.2, 0.25) is 23.6 Å². The molecule has 0 unspecified atom stereocenters. The van der Waals surface area contributed by atoms with Gasteiger partial charge in [0.15, 0.2) is 46.5 Å². The van der Waals surface area contributed by atoms with Gasteiger partial charge in [-0.15, -0.1) is 0 Å². The second kappa shape index (κ2) is 47.0. The number of amides is 4. The number of nitrogens with zero attached hydrogens (tertiary/aromatic N) is 16. The number of fused-ring (bicyclic) bond motifs is 4. The number of carbonyl (C=O) groups is 4. The fourth-order valence-corrected chi connectivity index (χ4v) is 13.2. The van der Waals surface area contributed by atoms with Gasteiger partial charge >= 0.3 is 24.0 Å². The molecule has 676 valence electrons. The lowest BCUT2D eigenvalue weighted by molar-refractivity contribution is -0.116. The van der Waals surface area contributed by atoms with E-state index in [0.29, 0.717) is 36.3 Å². The van der Waals surface area contributed by atoms with E-state index in [1.807, 2.05) is 23.5 Å². The van der Waals surface area contributed by atoms with Crippen LogP contribution in [-0.4, -0.2) is 188 Å². The molecule has 8 aliphatic heterocycles. The van der Waals surface area contributed by atoms with Gasteiger partial charge in [-0.3, -0.25) is 38.8 Å². The lowest BCUT2D eigenvalue weighted by Crippen LogP contribution is -2.39. The molecule has 8 aliphatic rings. The summed E-state index contributed by atoms with van der Waals surface area (Å²) in [6.45, 7) is -45.3. The van der Waals surface area contributed by atoms with E-state index in [2.05, 4.69) is 70.5 Å². The van der Waals surface area contributed by atoms with Crippen LogP contribution in [-0.2, 0) is 71.4 Å². The Labute approximate surface area is 823 Å². The van der Waals surface area contributed by atoms with Gasteiger partial charge < -0.3 is 82.7 Å². The normalized spacial score (nSPS) is 27.6. The number of benzene rings is 4. The van der Waals surface area contributed by atoms with Gasteiger partial charge in [0, 0.05) is 104 Å². The topological polar surface area (TPSA) is 386 Å². The maximum atomic E-state index is 13.1. The minimum Gasteiger partial charge on any atom is -0.463 e. The van der Waals surface area contributed by atoms with Crippen LogP contribution in [0.25, 0.3) is 0 Å². The zero-order valence-electron chi connectivity index (χ0n) is 125. The highest BCUT2D eigenvalue weighted by Gasteiger charge is 2.33. The second-order valence-corrected chi connectivity index (χ2v) is 27.1. The fraction of sp³-hybridized carbons (Fsp3) is 0.527. The molecule has 8 aromatic rings. The zero-order chi connectivity index (χ0) is 138. The lowest BCUT2D eigenvalue weighted by Gasteiger charge is -2.30. The fourth-order valence-electron chi connectivity index (χ4n) is 13.2. The van der Waals surface area contributed by atoms with Crippen LogP contribution >= 0.6 is 0 Å². The predicted molar refractivity (Wildman–Crippen MR) is 500 cm³/mol. The average Bonchev–Trinajstić information content (AvgIpc) is 1.49. The van der Waals surface area contributed by atoms with Crippen LogP contribution in [0.2, 0.25) is 0 Å². The van der Waals surface area contributed by atoms with Crippen molar-refractivity contribution in [3.05, 3.63) is 140 Å². The average molecular weight is 1780 g/mol. The molecule has 0 radical (unpaired) electrons. The molecular formula is C93H136N24O8. The molecule has 12 N–H and O–H groups in total. The summed E-state index contributed by atoms with van der Waals surface area (Å²) in [6, 6.07) is 6.06. The number of nitrogens with one attached hydrogen (secondary N) is 4. The van der Waals surface area contributed by atoms with E-state index in [0.717, 1.165) is 106 Å². The molecule has 4 fully saturated rings. The molecule has 0 aliphatic carbocycles. The molecule has 4 amide bonds. The molecule has 16 rings (SSSR count). The smallest absolute Gasteiger partial charge is 0.320 e. The van der Waals surface area contributed by atoms with E-state index in [9.17, 15) is 19.2 Å². The predicted octanol–water partition coefficient (Wildman–Crippen LogP) is 13.7. The van der Waals surface area contributed by atoms with Crippen molar-refractivity contribution in [2.24, 2.45) is 0 Å². The van der Waals surface area contributed by atoms with E-state index < -0.39 is 292 Å². The summed E-state index contributed by atoms with van der Waals surface area (Å²) in [6.07, 6.45) is -31.5. The number of hydrogen-bond donors (Lipinski definition) is 8. The van der Waals surface area contributed by atoms with Crippen LogP contribution < -0.4 is 82.7 Å². The standard InChI is InChI=1S/2C23H32N6O2.2C22H30N6O2.3CH4/c2*1-3-4-9-31-23-26-21(24)20-22(27-23)29(15-19(30)25-20)14-18-11-16(2)10-17(12-18)13-28-7-5-6-8-28;2*1-2-3-11-30-22-25-20(23)19-21(26-22)28(15-18(29)24-19)14-17-8-6-7-16(12-17)13-27-9-4-5-10-27;;;/h2*10-12H,3-9,13-15H2,1-2H3,(H,25,30)(H2,24,26,27);2*6-8,12H,2-5,9-11,13-15H2,1H3,(H,24,29)(H2,23,25,26);3*1H4/i1D3,3D2,4D2,5D2,6D2,7D2,8D2,9D2,10D,11D,12D,13D2,14D2,15D2;1D3,3D2,4D2,9D2,10D,11D,12D;1D3,2D2,3D2,11D2,15D2;1D3,2D2,3D2,11D2,14D2;;;. The first-order valence-electron chi connectivity index (χ1n) is 67.4. The highest BCUT2D eigenvalue weighted by atomic mass is 16.5. The number of ether oxygens (including phenoxy) is 4. The zero-order valence-corrected chi connectivity index (χ0v) is 65.3.